The Morgan fingerprint density at radius 1 is 1.53 bits per heavy atom. The van der Waals surface area contributed by atoms with Crippen LogP contribution in [0.5, 0.6) is 0 Å². The van der Waals surface area contributed by atoms with E-state index in [1.807, 2.05) is 6.92 Å². The summed E-state index contributed by atoms with van der Waals surface area (Å²) in [6.07, 6.45) is 4.50. The van der Waals surface area contributed by atoms with E-state index in [0.29, 0.717) is 6.10 Å². The predicted octanol–water partition coefficient (Wildman–Crippen LogP) is 2.16. The summed E-state index contributed by atoms with van der Waals surface area (Å²) in [5.74, 6) is 0. The lowest BCUT2D eigenvalue weighted by molar-refractivity contribution is 0.0674. The first-order chi connectivity index (χ1) is 9.09. The summed E-state index contributed by atoms with van der Waals surface area (Å²) in [5, 5.41) is 12.6. The van der Waals surface area contributed by atoms with Crippen LogP contribution in [0.3, 0.4) is 0 Å². The Morgan fingerprint density at radius 3 is 3.00 bits per heavy atom. The van der Waals surface area contributed by atoms with Crippen LogP contribution in [0.25, 0.3) is 0 Å². The fourth-order valence-electron chi connectivity index (χ4n) is 2.52. The molecule has 1 N–H and O–H groups in total. The van der Waals surface area contributed by atoms with Crippen molar-refractivity contribution < 1.29 is 4.74 Å². The Morgan fingerprint density at radius 2 is 2.32 bits per heavy atom. The van der Waals surface area contributed by atoms with E-state index < -0.39 is 0 Å². The average molecular weight is 267 g/mol. The number of rotatable bonds is 7. The van der Waals surface area contributed by atoms with Crippen molar-refractivity contribution in [2.75, 3.05) is 32.8 Å². The molecule has 1 rings (SSSR count). The highest BCUT2D eigenvalue weighted by Gasteiger charge is 2.23. The van der Waals surface area contributed by atoms with E-state index in [4.69, 9.17) is 4.74 Å². The second kappa shape index (κ2) is 8.52. The van der Waals surface area contributed by atoms with E-state index in [0.717, 1.165) is 58.5 Å². The zero-order valence-electron chi connectivity index (χ0n) is 12.7. The normalized spacial score (nSPS) is 24.4. The van der Waals surface area contributed by atoms with Crippen LogP contribution in [0, 0.1) is 11.3 Å². The van der Waals surface area contributed by atoms with Crippen molar-refractivity contribution in [1.29, 1.82) is 5.26 Å². The Bertz CT molecular complexity index is 290. The maximum atomic E-state index is 9.29. The molecule has 0 aromatic heterocycles. The third kappa shape index (κ3) is 6.38. The molecule has 0 aromatic carbocycles. The molecule has 1 aliphatic heterocycles. The number of nitriles is 1. The van der Waals surface area contributed by atoms with Gasteiger partial charge in [-0.25, -0.2) is 0 Å². The van der Waals surface area contributed by atoms with Crippen LogP contribution in [0.1, 0.15) is 46.5 Å². The topological polar surface area (TPSA) is 48.3 Å². The summed E-state index contributed by atoms with van der Waals surface area (Å²) >= 11 is 0. The fourth-order valence-corrected chi connectivity index (χ4v) is 2.52. The molecule has 1 aliphatic rings. The van der Waals surface area contributed by atoms with Gasteiger partial charge in [0, 0.05) is 19.7 Å². The van der Waals surface area contributed by atoms with E-state index in [1.165, 1.54) is 0 Å². The van der Waals surface area contributed by atoms with Gasteiger partial charge >= 0.3 is 0 Å². The first kappa shape index (κ1) is 16.4. The van der Waals surface area contributed by atoms with E-state index >= 15 is 0 Å². The molecular formula is C15H29N3O. The van der Waals surface area contributed by atoms with Gasteiger partial charge in [-0.3, -0.25) is 5.32 Å². The molecule has 4 nitrogen and oxygen atoms in total. The van der Waals surface area contributed by atoms with Gasteiger partial charge in [-0.15, -0.1) is 0 Å². The summed E-state index contributed by atoms with van der Waals surface area (Å²) in [7, 11) is 0. The minimum atomic E-state index is -0.371. The van der Waals surface area contributed by atoms with Crippen molar-refractivity contribution in [3.05, 3.63) is 0 Å². The molecule has 0 amide bonds. The molecule has 0 radical (unpaired) electrons. The lowest BCUT2D eigenvalue weighted by Gasteiger charge is -2.26. The molecule has 0 aliphatic carbocycles. The van der Waals surface area contributed by atoms with Gasteiger partial charge in [0.1, 0.15) is 5.54 Å². The highest BCUT2D eigenvalue weighted by Crippen LogP contribution is 2.13. The monoisotopic (exact) mass is 267 g/mol. The first-order valence-corrected chi connectivity index (χ1v) is 7.60. The molecule has 0 bridgehead atoms. The van der Waals surface area contributed by atoms with Crippen molar-refractivity contribution in [1.82, 2.24) is 10.2 Å². The van der Waals surface area contributed by atoms with E-state index in [9.17, 15) is 5.26 Å². The maximum Gasteiger partial charge on any atom is 0.103 e. The maximum absolute atomic E-state index is 9.29. The van der Waals surface area contributed by atoms with Crippen LogP contribution in [-0.2, 0) is 4.74 Å². The second-order valence-electron chi connectivity index (χ2n) is 5.81. The average Bonchev–Trinajstić information content (AvgIpc) is 2.61. The molecule has 110 valence electrons. The fraction of sp³-hybridized carbons (Fsp3) is 0.933. The molecule has 1 saturated heterocycles. The molecule has 1 heterocycles. The summed E-state index contributed by atoms with van der Waals surface area (Å²) < 4.78 is 5.65. The predicted molar refractivity (Wildman–Crippen MR) is 78.0 cm³/mol. The highest BCUT2D eigenvalue weighted by molar-refractivity contribution is 5.03. The van der Waals surface area contributed by atoms with Gasteiger partial charge in [-0.2, -0.15) is 5.26 Å². The number of hydrogen-bond acceptors (Lipinski definition) is 4. The van der Waals surface area contributed by atoms with E-state index in [2.05, 4.69) is 30.1 Å². The summed E-state index contributed by atoms with van der Waals surface area (Å²) in [6, 6.07) is 2.42. The van der Waals surface area contributed by atoms with Crippen molar-refractivity contribution in [3.8, 4) is 6.07 Å². The molecule has 2 unspecified atom stereocenters. The lowest BCUT2D eigenvalue weighted by Crippen LogP contribution is -2.42. The summed E-state index contributed by atoms with van der Waals surface area (Å²) in [4.78, 5) is 2.47. The summed E-state index contributed by atoms with van der Waals surface area (Å²) in [5.41, 5.74) is -0.371. The van der Waals surface area contributed by atoms with E-state index in [1.54, 1.807) is 0 Å². The highest BCUT2D eigenvalue weighted by atomic mass is 16.5. The molecule has 4 heteroatoms. The first-order valence-electron chi connectivity index (χ1n) is 7.60. The minimum Gasteiger partial charge on any atom is -0.377 e. The number of hydrogen-bond donors (Lipinski definition) is 1. The van der Waals surface area contributed by atoms with Gasteiger partial charge in [-0.1, -0.05) is 6.92 Å². The zero-order valence-corrected chi connectivity index (χ0v) is 12.7. The number of ether oxygens (including phenoxy) is 1. The molecular weight excluding hydrogens is 238 g/mol. The van der Waals surface area contributed by atoms with Crippen LogP contribution in [-0.4, -0.2) is 49.3 Å². The smallest absolute Gasteiger partial charge is 0.103 e. The van der Waals surface area contributed by atoms with Crippen LogP contribution < -0.4 is 5.32 Å². The molecule has 0 spiro atoms. The number of nitrogens with one attached hydrogen (secondary N) is 1. The van der Waals surface area contributed by atoms with Gasteiger partial charge in [0.05, 0.1) is 12.2 Å². The Hall–Kier alpha value is -0.630. The molecule has 0 aromatic rings. The Labute approximate surface area is 118 Å². The Kier molecular flexibility index (Phi) is 7.37. The van der Waals surface area contributed by atoms with Crippen molar-refractivity contribution in [3.63, 3.8) is 0 Å². The van der Waals surface area contributed by atoms with Crippen molar-refractivity contribution in [2.45, 2.75) is 58.1 Å². The molecule has 19 heavy (non-hydrogen) atoms. The number of nitrogens with zero attached hydrogens (tertiary/aromatic N) is 2. The SMILES string of the molecule is CCCNC(C)(C#N)CCCN1CCCOC(C)C1. The van der Waals surface area contributed by atoms with Gasteiger partial charge < -0.3 is 9.64 Å². The third-order valence-corrected chi connectivity index (χ3v) is 3.70. The van der Waals surface area contributed by atoms with Crippen LogP contribution in [0.4, 0.5) is 0 Å². The zero-order chi connectivity index (χ0) is 14.1. The molecule has 2 atom stereocenters. The quantitative estimate of drug-likeness (QED) is 0.768. The summed E-state index contributed by atoms with van der Waals surface area (Å²) in [6.45, 7) is 11.3. The Balaban J connectivity index is 2.29. The van der Waals surface area contributed by atoms with Crippen molar-refractivity contribution in [2.24, 2.45) is 0 Å². The van der Waals surface area contributed by atoms with Crippen LogP contribution in [0.15, 0.2) is 0 Å². The van der Waals surface area contributed by atoms with Gasteiger partial charge in [0.2, 0.25) is 0 Å². The standard InChI is InChI=1S/C15H29N3O/c1-4-8-17-15(3,13-16)7-5-9-18-10-6-11-19-14(2)12-18/h14,17H,4-12H2,1-3H3. The van der Waals surface area contributed by atoms with Crippen LogP contribution in [0.2, 0.25) is 0 Å². The minimum absolute atomic E-state index is 0.336. The lowest BCUT2D eigenvalue weighted by atomic mass is 9.97. The van der Waals surface area contributed by atoms with Gasteiger partial charge in [0.25, 0.3) is 0 Å². The second-order valence-corrected chi connectivity index (χ2v) is 5.81. The molecule has 1 fully saturated rings. The third-order valence-electron chi connectivity index (χ3n) is 3.70. The van der Waals surface area contributed by atoms with Crippen molar-refractivity contribution >= 4 is 0 Å². The van der Waals surface area contributed by atoms with Gasteiger partial charge in [0.15, 0.2) is 0 Å². The largest absolute Gasteiger partial charge is 0.377 e. The molecule has 0 saturated carbocycles. The van der Waals surface area contributed by atoms with E-state index in [-0.39, 0.29) is 5.54 Å². The van der Waals surface area contributed by atoms with Crippen LogP contribution >= 0.6 is 0 Å². The van der Waals surface area contributed by atoms with Gasteiger partial charge in [-0.05, 0) is 52.6 Å².